The van der Waals surface area contributed by atoms with Gasteiger partial charge in [-0.25, -0.2) is 0 Å². The highest BCUT2D eigenvalue weighted by Crippen LogP contribution is 2.28. The second-order valence-electron chi connectivity index (χ2n) is 12.0. The number of anilines is 1. The molecule has 0 aliphatic carbocycles. The summed E-state index contributed by atoms with van der Waals surface area (Å²) in [5.41, 5.74) is 4.48. The molecule has 0 spiro atoms. The van der Waals surface area contributed by atoms with Gasteiger partial charge in [-0.2, -0.15) is 5.26 Å². The van der Waals surface area contributed by atoms with Gasteiger partial charge in [0.25, 0.3) is 0 Å². The maximum atomic E-state index is 13.8. The zero-order valence-corrected chi connectivity index (χ0v) is 24.1. The van der Waals surface area contributed by atoms with Crippen molar-refractivity contribution in [3.05, 3.63) is 90.0 Å². The zero-order chi connectivity index (χ0) is 29.9. The van der Waals surface area contributed by atoms with Gasteiger partial charge in [0.2, 0.25) is 17.7 Å². The van der Waals surface area contributed by atoms with Gasteiger partial charge in [0.1, 0.15) is 12.1 Å². The monoisotopic (exact) mass is 561 g/mol. The van der Waals surface area contributed by atoms with Crippen LogP contribution in [0, 0.1) is 16.7 Å². The van der Waals surface area contributed by atoms with E-state index in [0.717, 1.165) is 22.2 Å². The van der Waals surface area contributed by atoms with E-state index in [9.17, 15) is 14.4 Å². The maximum Gasteiger partial charge on any atom is 0.250 e. The van der Waals surface area contributed by atoms with E-state index in [1.54, 1.807) is 11.0 Å². The molecule has 8 heteroatoms. The quantitative estimate of drug-likeness (QED) is 0.259. The molecule has 1 fully saturated rings. The highest BCUT2D eigenvalue weighted by Gasteiger charge is 2.38. The number of nitrogens with one attached hydrogen (secondary N) is 3. The van der Waals surface area contributed by atoms with Crippen LogP contribution in [0.5, 0.6) is 0 Å². The number of aromatic amines is 1. The van der Waals surface area contributed by atoms with Crippen molar-refractivity contribution in [1.82, 2.24) is 15.2 Å². The molecule has 1 saturated heterocycles. The highest BCUT2D eigenvalue weighted by molar-refractivity contribution is 5.99. The molecule has 5 rings (SSSR count). The summed E-state index contributed by atoms with van der Waals surface area (Å²) < 4.78 is 0. The van der Waals surface area contributed by atoms with Gasteiger partial charge in [-0.05, 0) is 65.8 Å². The van der Waals surface area contributed by atoms with E-state index < -0.39 is 12.1 Å². The van der Waals surface area contributed by atoms with Gasteiger partial charge in [0, 0.05) is 35.2 Å². The summed E-state index contributed by atoms with van der Waals surface area (Å²) in [5, 5.41) is 16.0. The second-order valence-corrected chi connectivity index (χ2v) is 12.0. The lowest BCUT2D eigenvalue weighted by atomic mass is 9.91. The van der Waals surface area contributed by atoms with Crippen LogP contribution < -0.4 is 10.6 Å². The third kappa shape index (κ3) is 6.52. The van der Waals surface area contributed by atoms with Crippen molar-refractivity contribution in [1.29, 1.82) is 5.26 Å². The normalized spacial score (nSPS) is 15.7. The number of H-pyrrole nitrogens is 1. The van der Waals surface area contributed by atoms with E-state index in [0.29, 0.717) is 36.2 Å². The van der Waals surface area contributed by atoms with Gasteiger partial charge in [0.15, 0.2) is 0 Å². The van der Waals surface area contributed by atoms with E-state index in [1.165, 1.54) is 0 Å². The molecule has 2 heterocycles. The molecule has 3 amide bonds. The van der Waals surface area contributed by atoms with Crippen LogP contribution in [0.25, 0.3) is 22.2 Å². The summed E-state index contributed by atoms with van der Waals surface area (Å²) in [5.74, 6) is -0.739. The standard InChI is InChI=1S/C34H35N5O3/c1-34(2,3)20-30(40)38-31(24-8-5-4-6-9-24)33(42)39-17-7-10-29(39)32(41)36-26-14-12-23(13-15-26)28-19-25-18-22(21-35)11-16-27(25)37-28/h4-6,8-9,11-16,18-19,29,31,37H,7,10,17,20H2,1-3H3,(H,36,41)(H,38,40)/t29-,31-/m0/s1. The van der Waals surface area contributed by atoms with E-state index in [1.807, 2.05) is 93.6 Å². The Labute approximate surface area is 245 Å². The van der Waals surface area contributed by atoms with Crippen molar-refractivity contribution in [3.63, 3.8) is 0 Å². The number of benzene rings is 3. The number of carbonyl (C=O) groups is 3. The number of aromatic nitrogens is 1. The maximum absolute atomic E-state index is 13.8. The molecule has 8 nitrogen and oxygen atoms in total. The lowest BCUT2D eigenvalue weighted by molar-refractivity contribution is -0.140. The molecule has 42 heavy (non-hydrogen) atoms. The van der Waals surface area contributed by atoms with Gasteiger partial charge in [-0.15, -0.1) is 0 Å². The fraction of sp³-hybridized carbons (Fsp3) is 0.294. The number of hydrogen-bond donors (Lipinski definition) is 3. The molecule has 0 radical (unpaired) electrons. The van der Waals surface area contributed by atoms with E-state index in [4.69, 9.17) is 5.26 Å². The first-order chi connectivity index (χ1) is 20.1. The topological polar surface area (TPSA) is 118 Å². The highest BCUT2D eigenvalue weighted by atomic mass is 16.2. The van der Waals surface area contributed by atoms with Gasteiger partial charge >= 0.3 is 0 Å². The number of likely N-dealkylation sites (tertiary alicyclic amines) is 1. The Hall–Kier alpha value is -4.90. The molecule has 1 aliphatic heterocycles. The Morgan fingerprint density at radius 1 is 1.02 bits per heavy atom. The largest absolute Gasteiger partial charge is 0.355 e. The molecule has 1 aromatic heterocycles. The molecule has 3 aromatic carbocycles. The average molecular weight is 562 g/mol. The Balaban J connectivity index is 1.29. The van der Waals surface area contributed by atoms with Gasteiger partial charge in [-0.3, -0.25) is 14.4 Å². The molecule has 0 bridgehead atoms. The van der Waals surface area contributed by atoms with Crippen LogP contribution in [-0.2, 0) is 14.4 Å². The number of hydrogen-bond acceptors (Lipinski definition) is 4. The van der Waals surface area contributed by atoms with Crippen LogP contribution in [0.1, 0.15) is 57.2 Å². The number of carbonyl (C=O) groups excluding carboxylic acids is 3. The van der Waals surface area contributed by atoms with Crippen molar-refractivity contribution >= 4 is 34.3 Å². The van der Waals surface area contributed by atoms with Crippen LogP contribution in [0.4, 0.5) is 5.69 Å². The molecule has 4 aromatic rings. The fourth-order valence-electron chi connectivity index (χ4n) is 5.41. The molecule has 0 unspecified atom stereocenters. The predicted octanol–water partition coefficient (Wildman–Crippen LogP) is 5.93. The van der Waals surface area contributed by atoms with Crippen LogP contribution in [0.15, 0.2) is 78.9 Å². The Morgan fingerprint density at radius 3 is 2.45 bits per heavy atom. The molecule has 2 atom stereocenters. The minimum Gasteiger partial charge on any atom is -0.355 e. The van der Waals surface area contributed by atoms with Crippen LogP contribution in [0.2, 0.25) is 0 Å². The van der Waals surface area contributed by atoms with Gasteiger partial charge in [-0.1, -0.05) is 63.2 Å². The predicted molar refractivity (Wildman–Crippen MR) is 163 cm³/mol. The molecule has 0 saturated carbocycles. The number of nitrogens with zero attached hydrogens (tertiary/aromatic N) is 2. The SMILES string of the molecule is CC(C)(C)CC(=O)N[C@H](C(=O)N1CCC[C@H]1C(=O)Nc1ccc(-c2cc3cc(C#N)ccc3[nH]2)cc1)c1ccccc1. The van der Waals surface area contributed by atoms with Crippen LogP contribution >= 0.6 is 0 Å². The number of rotatable bonds is 7. The van der Waals surface area contributed by atoms with Crippen molar-refractivity contribution in [2.75, 3.05) is 11.9 Å². The smallest absolute Gasteiger partial charge is 0.250 e. The van der Waals surface area contributed by atoms with E-state index >= 15 is 0 Å². The summed E-state index contributed by atoms with van der Waals surface area (Å²) in [6.45, 7) is 6.38. The Kier molecular flexibility index (Phi) is 8.12. The summed E-state index contributed by atoms with van der Waals surface area (Å²) in [4.78, 5) is 45.1. The number of nitriles is 1. The van der Waals surface area contributed by atoms with E-state index in [-0.39, 0.29) is 29.6 Å². The third-order valence-corrected chi connectivity index (χ3v) is 7.43. The van der Waals surface area contributed by atoms with Gasteiger partial charge in [0.05, 0.1) is 11.6 Å². The molecular formula is C34H35N5O3. The molecule has 214 valence electrons. The fourth-order valence-corrected chi connectivity index (χ4v) is 5.41. The van der Waals surface area contributed by atoms with Crippen LogP contribution in [0.3, 0.4) is 0 Å². The summed E-state index contributed by atoms with van der Waals surface area (Å²) in [7, 11) is 0. The first-order valence-electron chi connectivity index (χ1n) is 14.2. The van der Waals surface area contributed by atoms with Crippen molar-refractivity contribution in [3.8, 4) is 17.3 Å². The molecule has 1 aliphatic rings. The lowest BCUT2D eigenvalue weighted by Crippen LogP contribution is -2.49. The van der Waals surface area contributed by atoms with Crippen LogP contribution in [-0.4, -0.2) is 40.2 Å². The van der Waals surface area contributed by atoms with Gasteiger partial charge < -0.3 is 20.5 Å². The Morgan fingerprint density at radius 2 is 1.76 bits per heavy atom. The summed E-state index contributed by atoms with van der Waals surface area (Å²) >= 11 is 0. The van der Waals surface area contributed by atoms with Crippen molar-refractivity contribution in [2.45, 2.75) is 52.1 Å². The Bertz CT molecular complexity index is 1640. The minimum absolute atomic E-state index is 0.203. The summed E-state index contributed by atoms with van der Waals surface area (Å²) in [6, 6.07) is 24.8. The average Bonchev–Trinajstić information content (AvgIpc) is 3.63. The van der Waals surface area contributed by atoms with Crippen molar-refractivity contribution in [2.24, 2.45) is 5.41 Å². The first-order valence-corrected chi connectivity index (χ1v) is 14.2. The first kappa shape index (κ1) is 28.6. The lowest BCUT2D eigenvalue weighted by Gasteiger charge is -2.29. The third-order valence-electron chi connectivity index (χ3n) is 7.43. The number of amides is 3. The van der Waals surface area contributed by atoms with E-state index in [2.05, 4.69) is 21.7 Å². The van der Waals surface area contributed by atoms with Crippen molar-refractivity contribution < 1.29 is 14.4 Å². The molecule has 3 N–H and O–H groups in total. The molecular weight excluding hydrogens is 526 g/mol. The summed E-state index contributed by atoms with van der Waals surface area (Å²) in [6.07, 6.45) is 1.53. The minimum atomic E-state index is -0.866. The number of fused-ring (bicyclic) bond motifs is 1. The zero-order valence-electron chi connectivity index (χ0n) is 24.1. The second kappa shape index (κ2) is 11.9.